The van der Waals surface area contributed by atoms with Crippen LogP contribution in [0.2, 0.25) is 18.7 Å². The van der Waals surface area contributed by atoms with Crippen molar-refractivity contribution in [2.45, 2.75) is 6.92 Å². The monoisotopic (exact) mass is 486 g/mol. The minimum Gasteiger partial charge on any atom is -0.359 e. The number of benzene rings is 1. The van der Waals surface area contributed by atoms with Crippen molar-refractivity contribution in [1.29, 1.82) is 0 Å². The summed E-state index contributed by atoms with van der Waals surface area (Å²) in [5.41, 5.74) is 2.30. The fraction of sp³-hybridized carbons (Fsp3) is 0.0556. The van der Waals surface area contributed by atoms with Gasteiger partial charge in [0.2, 0.25) is 0 Å². The summed E-state index contributed by atoms with van der Waals surface area (Å²) in [7, 11) is 0. The van der Waals surface area contributed by atoms with Gasteiger partial charge in [0.25, 0.3) is 0 Å². The van der Waals surface area contributed by atoms with E-state index in [0.717, 1.165) is 4.68 Å². The Morgan fingerprint density at radius 3 is 2.55 bits per heavy atom. The Labute approximate surface area is 188 Å². The first-order valence-electron chi connectivity index (χ1n) is 8.08. The minimum atomic E-state index is -0.524. The number of carbonyl (C=O) groups excluding carboxylic acids is 1. The minimum absolute atomic E-state index is 0.325. The lowest BCUT2D eigenvalue weighted by atomic mass is 10.1. The quantitative estimate of drug-likeness (QED) is 0.329. The molecule has 3 aromatic heterocycles. The predicted octanol–water partition coefficient (Wildman–Crippen LogP) is 7.27. The second-order valence-corrected chi connectivity index (χ2v) is 8.97. The fourth-order valence-corrected chi connectivity index (χ4v) is 4.73. The van der Waals surface area contributed by atoms with Crippen LogP contribution in [0.1, 0.15) is 5.76 Å². The number of aryl methyl sites for hydroxylation is 1. The van der Waals surface area contributed by atoms with Gasteiger partial charge in [0.15, 0.2) is 5.76 Å². The summed E-state index contributed by atoms with van der Waals surface area (Å²) in [4.78, 5) is 12.7. The maximum atomic E-state index is 12.7. The van der Waals surface area contributed by atoms with Gasteiger partial charge in [-0.25, -0.2) is 4.79 Å². The molecule has 29 heavy (non-hydrogen) atoms. The molecule has 3 heterocycles. The average molecular weight is 488 g/mol. The van der Waals surface area contributed by atoms with E-state index in [9.17, 15) is 4.79 Å². The van der Waals surface area contributed by atoms with Crippen molar-refractivity contribution in [1.82, 2.24) is 14.9 Å². The van der Waals surface area contributed by atoms with Gasteiger partial charge in [-0.2, -0.15) is 9.78 Å². The van der Waals surface area contributed by atoms with Gasteiger partial charge < -0.3 is 9.84 Å². The van der Waals surface area contributed by atoms with Gasteiger partial charge in [-0.05, 0) is 31.2 Å². The van der Waals surface area contributed by atoms with Gasteiger partial charge in [-0.15, -0.1) is 11.3 Å². The highest BCUT2D eigenvalue weighted by Crippen LogP contribution is 2.40. The summed E-state index contributed by atoms with van der Waals surface area (Å²) in [6, 6.07) is 7.90. The van der Waals surface area contributed by atoms with E-state index in [1.54, 1.807) is 37.3 Å². The third-order valence-corrected chi connectivity index (χ3v) is 6.14. The number of hydrogen-bond acceptors (Lipinski definition) is 5. The Morgan fingerprint density at radius 2 is 1.90 bits per heavy atom. The fourth-order valence-electron chi connectivity index (χ4n) is 2.67. The molecule has 1 N–H and O–H groups in total. The topological polar surface area (TPSA) is 73.0 Å². The molecule has 0 atom stereocenters. The summed E-state index contributed by atoms with van der Waals surface area (Å²) < 4.78 is 7.41. The molecule has 0 aliphatic carbocycles. The molecule has 0 radical (unpaired) electrons. The van der Waals surface area contributed by atoms with E-state index in [-0.39, 0.29) is 0 Å². The van der Waals surface area contributed by atoms with Crippen molar-refractivity contribution in [3.63, 3.8) is 0 Å². The van der Waals surface area contributed by atoms with Crippen LogP contribution >= 0.6 is 57.7 Å². The lowest BCUT2D eigenvalue weighted by Gasteiger charge is -2.08. The SMILES string of the molecule is Cc1onc(-c2c(Cl)cccc2Cl)c1NC(=O)n1ccc(-c2cc(Cl)sc2Cl)n1. The van der Waals surface area contributed by atoms with Gasteiger partial charge in [0, 0.05) is 17.3 Å². The summed E-state index contributed by atoms with van der Waals surface area (Å²) in [5, 5.41) is 11.8. The Hall–Kier alpha value is -2.03. The molecule has 11 heteroatoms. The van der Waals surface area contributed by atoms with Gasteiger partial charge in [0.05, 0.1) is 20.1 Å². The smallest absolute Gasteiger partial charge is 0.346 e. The van der Waals surface area contributed by atoms with E-state index in [1.165, 1.54) is 17.5 Å². The van der Waals surface area contributed by atoms with Crippen molar-refractivity contribution in [3.8, 4) is 22.5 Å². The summed E-state index contributed by atoms with van der Waals surface area (Å²) in [6.07, 6.45) is 1.51. The molecule has 148 valence electrons. The first kappa shape index (κ1) is 20.3. The highest BCUT2D eigenvalue weighted by atomic mass is 35.5. The second-order valence-electron chi connectivity index (χ2n) is 5.87. The zero-order valence-electron chi connectivity index (χ0n) is 14.5. The van der Waals surface area contributed by atoms with Crippen LogP contribution in [0, 0.1) is 6.92 Å². The molecular weight excluding hydrogens is 478 g/mol. The van der Waals surface area contributed by atoms with Crippen molar-refractivity contribution in [2.24, 2.45) is 0 Å². The zero-order valence-corrected chi connectivity index (χ0v) is 18.4. The van der Waals surface area contributed by atoms with E-state index in [1.807, 2.05) is 0 Å². The Balaban J connectivity index is 1.65. The molecule has 4 aromatic rings. The molecule has 0 bridgehead atoms. The van der Waals surface area contributed by atoms with Crippen molar-refractivity contribution >= 4 is 69.5 Å². The lowest BCUT2D eigenvalue weighted by molar-refractivity contribution is 0.251. The number of rotatable bonds is 3. The van der Waals surface area contributed by atoms with Crippen LogP contribution in [0.15, 0.2) is 41.1 Å². The van der Waals surface area contributed by atoms with Crippen molar-refractivity contribution < 1.29 is 9.32 Å². The van der Waals surface area contributed by atoms with Crippen LogP contribution in [-0.2, 0) is 0 Å². The molecule has 1 aromatic carbocycles. The van der Waals surface area contributed by atoms with Gasteiger partial charge in [-0.3, -0.25) is 0 Å². The summed E-state index contributed by atoms with van der Waals surface area (Å²) >= 11 is 25.9. The molecule has 0 aliphatic heterocycles. The highest BCUT2D eigenvalue weighted by molar-refractivity contribution is 7.20. The van der Waals surface area contributed by atoms with Crippen molar-refractivity contribution in [3.05, 3.63) is 61.0 Å². The number of carbonyl (C=O) groups is 1. The number of nitrogens with zero attached hydrogens (tertiary/aromatic N) is 3. The summed E-state index contributed by atoms with van der Waals surface area (Å²) in [5.74, 6) is 0.393. The van der Waals surface area contributed by atoms with Gasteiger partial charge in [-0.1, -0.05) is 57.6 Å². The molecular formula is C18H10Cl4N4O2S. The number of anilines is 1. The van der Waals surface area contributed by atoms with Crippen LogP contribution in [0.4, 0.5) is 10.5 Å². The van der Waals surface area contributed by atoms with Crippen LogP contribution in [-0.4, -0.2) is 21.0 Å². The molecule has 0 saturated heterocycles. The molecule has 4 rings (SSSR count). The number of hydrogen-bond donors (Lipinski definition) is 1. The molecule has 0 aliphatic rings. The van der Waals surface area contributed by atoms with Crippen molar-refractivity contribution in [2.75, 3.05) is 5.32 Å². The number of aromatic nitrogens is 3. The first-order chi connectivity index (χ1) is 13.8. The Kier molecular flexibility index (Phi) is 5.59. The van der Waals surface area contributed by atoms with E-state index >= 15 is 0 Å². The molecule has 0 unspecified atom stereocenters. The van der Waals surface area contributed by atoms with Crippen LogP contribution in [0.3, 0.4) is 0 Å². The number of nitrogens with one attached hydrogen (secondary N) is 1. The predicted molar refractivity (Wildman–Crippen MR) is 117 cm³/mol. The van der Waals surface area contributed by atoms with Crippen LogP contribution in [0.5, 0.6) is 0 Å². The third-order valence-electron chi connectivity index (χ3n) is 4.02. The largest absolute Gasteiger partial charge is 0.359 e. The summed E-state index contributed by atoms with van der Waals surface area (Å²) in [6.45, 7) is 1.67. The normalized spacial score (nSPS) is 11.1. The molecule has 0 spiro atoms. The zero-order chi connectivity index (χ0) is 20.7. The molecule has 1 amide bonds. The van der Waals surface area contributed by atoms with Gasteiger partial charge >= 0.3 is 6.03 Å². The second kappa shape index (κ2) is 8.01. The number of thiophene rings is 1. The molecule has 6 nitrogen and oxygen atoms in total. The van der Waals surface area contributed by atoms with Crippen LogP contribution in [0.25, 0.3) is 22.5 Å². The van der Waals surface area contributed by atoms with E-state index in [0.29, 0.717) is 52.7 Å². The number of halogens is 4. The van der Waals surface area contributed by atoms with E-state index in [4.69, 9.17) is 50.9 Å². The average Bonchev–Trinajstić information content (AvgIpc) is 3.36. The van der Waals surface area contributed by atoms with E-state index in [2.05, 4.69) is 15.6 Å². The maximum absolute atomic E-state index is 12.7. The highest BCUT2D eigenvalue weighted by Gasteiger charge is 2.22. The molecule has 0 saturated carbocycles. The van der Waals surface area contributed by atoms with E-state index < -0.39 is 6.03 Å². The van der Waals surface area contributed by atoms with Crippen LogP contribution < -0.4 is 5.32 Å². The Morgan fingerprint density at radius 1 is 1.17 bits per heavy atom. The van der Waals surface area contributed by atoms with Gasteiger partial charge in [0.1, 0.15) is 15.7 Å². The molecule has 0 fully saturated rings. The first-order valence-corrected chi connectivity index (χ1v) is 10.4. The number of amides is 1. The Bertz CT molecular complexity index is 1210. The maximum Gasteiger partial charge on any atom is 0.346 e. The lowest BCUT2D eigenvalue weighted by Crippen LogP contribution is -2.20. The third kappa shape index (κ3) is 3.89. The standard InChI is InChI=1S/C18H10Cl4N4O2S/c1-8-15(16(25-28-8)14-10(19)3-2-4-11(14)20)23-18(27)26-6-5-12(24-26)9-7-13(21)29-17(9)22/h2-7H,1H3,(H,23,27).